The van der Waals surface area contributed by atoms with E-state index in [0.717, 1.165) is 17.5 Å². The van der Waals surface area contributed by atoms with Gasteiger partial charge in [0.05, 0.1) is 4.90 Å². The summed E-state index contributed by atoms with van der Waals surface area (Å²) in [5.74, 6) is 0.311. The van der Waals surface area contributed by atoms with Crippen LogP contribution in [-0.4, -0.2) is 29.5 Å². The van der Waals surface area contributed by atoms with Crippen LogP contribution in [0.1, 0.15) is 29.5 Å². The van der Waals surface area contributed by atoms with Gasteiger partial charge in [-0.3, -0.25) is 9.87 Å². The second kappa shape index (κ2) is 14.4. The zero-order valence-electron chi connectivity index (χ0n) is 19.8. The van der Waals surface area contributed by atoms with Crippen LogP contribution in [-0.2, 0) is 21.3 Å². The Balaban J connectivity index is 0.000000454. The van der Waals surface area contributed by atoms with Crippen LogP contribution in [0.15, 0.2) is 83.8 Å². The Labute approximate surface area is 227 Å². The molecule has 0 radical (unpaired) electrons. The molecule has 1 amide bonds. The van der Waals surface area contributed by atoms with E-state index in [0.29, 0.717) is 11.6 Å². The summed E-state index contributed by atoms with van der Waals surface area (Å²) in [6.07, 6.45) is 0.260. The molecular formula is C25H29Cl3N2O5S. The molecule has 0 aliphatic rings. The van der Waals surface area contributed by atoms with Crippen molar-refractivity contribution in [1.29, 1.82) is 0 Å². The molecule has 0 saturated carbocycles. The summed E-state index contributed by atoms with van der Waals surface area (Å²) in [7, 11) is -4.02. The van der Waals surface area contributed by atoms with Crippen LogP contribution in [0.5, 0.6) is 0 Å². The maximum Gasteiger partial charge on any atom is 0.411 e. The van der Waals surface area contributed by atoms with Gasteiger partial charge < -0.3 is 10.9 Å². The minimum absolute atomic E-state index is 0. The van der Waals surface area contributed by atoms with E-state index >= 15 is 0 Å². The van der Waals surface area contributed by atoms with E-state index in [4.69, 9.17) is 44.1 Å². The van der Waals surface area contributed by atoms with Gasteiger partial charge in [0.15, 0.2) is 0 Å². The summed E-state index contributed by atoms with van der Waals surface area (Å²) in [5, 5.41) is 2.64. The number of aryl methyl sites for hydroxylation is 1. The highest BCUT2D eigenvalue weighted by Gasteiger charge is 2.22. The highest BCUT2D eigenvalue weighted by molar-refractivity contribution is 7.85. The number of hydrogen-bond acceptors (Lipinski definition) is 5. The Kier molecular flexibility index (Phi) is 12.7. The number of benzene rings is 3. The first-order valence-corrected chi connectivity index (χ1v) is 13.1. The van der Waals surface area contributed by atoms with E-state index in [1.807, 2.05) is 43.3 Å². The number of rotatable bonds is 6. The summed E-state index contributed by atoms with van der Waals surface area (Å²) in [6.45, 7) is 3.68. The van der Waals surface area contributed by atoms with Gasteiger partial charge in [-0.2, -0.15) is 8.42 Å². The number of anilines is 1. The van der Waals surface area contributed by atoms with Gasteiger partial charge in [0.1, 0.15) is 6.61 Å². The van der Waals surface area contributed by atoms with Gasteiger partial charge in [0.2, 0.25) is 3.79 Å². The van der Waals surface area contributed by atoms with Gasteiger partial charge >= 0.3 is 6.09 Å². The molecule has 7 nitrogen and oxygen atoms in total. The zero-order chi connectivity index (χ0) is 26.1. The topological polar surface area (TPSA) is 128 Å². The fourth-order valence-electron chi connectivity index (χ4n) is 3.02. The first-order chi connectivity index (χ1) is 16.3. The average molecular weight is 576 g/mol. The second-order valence-electron chi connectivity index (χ2n) is 7.82. The third-order valence-electron chi connectivity index (χ3n) is 4.77. The third-order valence-corrected chi connectivity index (χ3v) is 5.97. The molecule has 1 atom stereocenters. The SMILES string of the molecule is CC(Cc1ccccc1)c1cccc(NC(=O)OCC(Cl)(Cl)Cl)c1.Cc1ccc(S(=O)(=O)O)cc1.N. The predicted octanol–water partition coefficient (Wildman–Crippen LogP) is 7.36. The first kappa shape index (κ1) is 31.7. The molecule has 3 aromatic rings. The second-order valence-corrected chi connectivity index (χ2v) is 11.8. The maximum absolute atomic E-state index is 11.7. The van der Waals surface area contributed by atoms with Gasteiger partial charge in [0, 0.05) is 5.69 Å². The lowest BCUT2D eigenvalue weighted by atomic mass is 9.93. The Morgan fingerprint density at radius 2 is 1.61 bits per heavy atom. The van der Waals surface area contributed by atoms with Crippen LogP contribution in [0.25, 0.3) is 0 Å². The number of carbonyl (C=O) groups is 1. The molecular weight excluding hydrogens is 547 g/mol. The molecule has 0 heterocycles. The summed E-state index contributed by atoms with van der Waals surface area (Å²) in [5.41, 5.74) is 3.99. The lowest BCUT2D eigenvalue weighted by Gasteiger charge is -2.15. The number of nitrogens with one attached hydrogen (secondary N) is 1. The van der Waals surface area contributed by atoms with Crippen molar-refractivity contribution in [2.75, 3.05) is 11.9 Å². The quantitative estimate of drug-likeness (QED) is 0.208. The zero-order valence-corrected chi connectivity index (χ0v) is 22.9. The largest absolute Gasteiger partial charge is 0.445 e. The normalized spacial score (nSPS) is 11.8. The van der Waals surface area contributed by atoms with Crippen molar-refractivity contribution in [1.82, 2.24) is 6.15 Å². The van der Waals surface area contributed by atoms with E-state index in [1.165, 1.54) is 17.7 Å². The van der Waals surface area contributed by atoms with E-state index in [2.05, 4.69) is 24.4 Å². The minimum Gasteiger partial charge on any atom is -0.445 e. The molecule has 1 unspecified atom stereocenters. The molecule has 3 rings (SSSR count). The molecule has 36 heavy (non-hydrogen) atoms. The Hall–Kier alpha value is -2.33. The summed E-state index contributed by atoms with van der Waals surface area (Å²) < 4.78 is 32.8. The molecule has 0 saturated heterocycles. The lowest BCUT2D eigenvalue weighted by molar-refractivity contribution is 0.164. The fourth-order valence-corrected chi connectivity index (χ4v) is 3.66. The van der Waals surface area contributed by atoms with Crippen LogP contribution in [0.2, 0.25) is 0 Å². The summed E-state index contributed by atoms with van der Waals surface area (Å²) >= 11 is 16.6. The highest BCUT2D eigenvalue weighted by atomic mass is 35.6. The molecule has 0 aliphatic carbocycles. The number of alkyl halides is 3. The molecule has 0 bridgehead atoms. The van der Waals surface area contributed by atoms with Gasteiger partial charge in [-0.1, -0.05) is 102 Å². The molecule has 0 spiro atoms. The maximum atomic E-state index is 11.7. The molecule has 196 valence electrons. The van der Waals surface area contributed by atoms with Crippen molar-refractivity contribution in [3.8, 4) is 0 Å². The van der Waals surface area contributed by atoms with Crippen LogP contribution in [0, 0.1) is 6.92 Å². The molecule has 0 aliphatic heterocycles. The molecule has 5 N–H and O–H groups in total. The van der Waals surface area contributed by atoms with Gasteiger partial charge in [-0.25, -0.2) is 4.79 Å². The van der Waals surface area contributed by atoms with Crippen LogP contribution in [0.3, 0.4) is 0 Å². The van der Waals surface area contributed by atoms with Crippen LogP contribution < -0.4 is 11.5 Å². The fraction of sp³-hybridized carbons (Fsp3) is 0.240. The molecule has 0 fully saturated rings. The summed E-state index contributed by atoms with van der Waals surface area (Å²) in [4.78, 5) is 11.7. The predicted molar refractivity (Wildman–Crippen MR) is 146 cm³/mol. The van der Waals surface area contributed by atoms with Crippen molar-refractivity contribution in [3.63, 3.8) is 0 Å². The van der Waals surface area contributed by atoms with Crippen molar-refractivity contribution in [2.24, 2.45) is 0 Å². The number of hydrogen-bond donors (Lipinski definition) is 3. The van der Waals surface area contributed by atoms with Crippen LogP contribution >= 0.6 is 34.8 Å². The number of amides is 1. The van der Waals surface area contributed by atoms with Crippen LogP contribution in [0.4, 0.5) is 10.5 Å². The monoisotopic (exact) mass is 574 g/mol. The first-order valence-electron chi connectivity index (χ1n) is 10.5. The van der Waals surface area contributed by atoms with Crippen molar-refractivity contribution in [3.05, 3.63) is 95.6 Å². The van der Waals surface area contributed by atoms with Crippen molar-refractivity contribution in [2.45, 2.75) is 34.9 Å². The number of carbonyl (C=O) groups excluding carboxylic acids is 1. The van der Waals surface area contributed by atoms with E-state index in [1.54, 1.807) is 18.2 Å². The number of halogens is 3. The van der Waals surface area contributed by atoms with E-state index in [9.17, 15) is 13.2 Å². The van der Waals surface area contributed by atoms with Crippen molar-refractivity contribution < 1.29 is 22.5 Å². The smallest absolute Gasteiger partial charge is 0.411 e. The Morgan fingerprint density at radius 1 is 1.00 bits per heavy atom. The molecule has 3 aromatic carbocycles. The number of ether oxygens (including phenoxy) is 1. The van der Waals surface area contributed by atoms with Crippen molar-refractivity contribution >= 4 is 56.7 Å². The van der Waals surface area contributed by atoms with Gasteiger partial charge in [-0.15, -0.1) is 0 Å². The Bertz CT molecular complexity index is 1200. The van der Waals surface area contributed by atoms with Gasteiger partial charge in [0.25, 0.3) is 10.1 Å². The van der Waals surface area contributed by atoms with E-state index in [-0.39, 0.29) is 17.7 Å². The minimum atomic E-state index is -4.02. The lowest BCUT2D eigenvalue weighted by Crippen LogP contribution is -2.21. The Morgan fingerprint density at radius 3 is 2.17 bits per heavy atom. The molecule has 0 aromatic heterocycles. The third kappa shape index (κ3) is 12.1. The molecule has 11 heteroatoms. The average Bonchev–Trinajstić information content (AvgIpc) is 2.78. The van der Waals surface area contributed by atoms with Gasteiger partial charge in [-0.05, 0) is 54.7 Å². The summed E-state index contributed by atoms with van der Waals surface area (Å²) in [6, 6.07) is 23.9. The van der Waals surface area contributed by atoms with E-state index < -0.39 is 20.0 Å². The highest BCUT2D eigenvalue weighted by Crippen LogP contribution is 2.26. The standard InChI is InChI=1S/C18H18Cl3NO2.C7H8O3S.H3N/c1-13(10-14-6-3-2-4-7-14)15-8-5-9-16(11-15)22-17(23)24-12-18(19,20)21;1-6-2-4-7(5-3-6)11(8,9)10;/h2-9,11,13H,10,12H2,1H3,(H,22,23);2-5H,1H3,(H,8,9,10);1H3.